The second-order valence-electron chi connectivity index (χ2n) is 13.9. The van der Waals surface area contributed by atoms with Crippen molar-refractivity contribution in [2.24, 2.45) is 46.3 Å². The van der Waals surface area contributed by atoms with E-state index in [0.29, 0.717) is 49.6 Å². The van der Waals surface area contributed by atoms with E-state index in [0.717, 1.165) is 64.2 Å². The first-order valence-corrected chi connectivity index (χ1v) is 15.5. The third-order valence-corrected chi connectivity index (χ3v) is 11.9. The van der Waals surface area contributed by atoms with Crippen LogP contribution in [0, 0.1) is 46.3 Å². The number of amides is 2. The Morgan fingerprint density at radius 1 is 0.842 bits per heavy atom. The SMILES string of the molecule is CC(=O)NCCCCCNC(=O)CC[C@@H](C)[C@H]1CC[C@H]2[C@@H]3[C@H](O)[C@H](O)[C@@H]4C[C@H](O)CC[C@]4(C)[C@H]3CC[C@]12C. The maximum absolute atomic E-state index is 12.5. The van der Waals surface area contributed by atoms with Gasteiger partial charge in [0.2, 0.25) is 11.8 Å². The van der Waals surface area contributed by atoms with Crippen molar-refractivity contribution in [2.45, 2.75) is 123 Å². The summed E-state index contributed by atoms with van der Waals surface area (Å²) in [5, 5.41) is 38.9. The van der Waals surface area contributed by atoms with Crippen LogP contribution in [0.2, 0.25) is 0 Å². The second kappa shape index (κ2) is 12.1. The van der Waals surface area contributed by atoms with Crippen molar-refractivity contribution < 1.29 is 24.9 Å². The van der Waals surface area contributed by atoms with E-state index < -0.39 is 12.2 Å². The molecule has 4 aliphatic rings. The molecular weight excluding hydrogens is 480 g/mol. The Kier molecular flexibility index (Phi) is 9.52. The topological polar surface area (TPSA) is 119 Å². The number of carbonyl (C=O) groups is 2. The minimum Gasteiger partial charge on any atom is -0.393 e. The third kappa shape index (κ3) is 5.81. The average molecular weight is 535 g/mol. The van der Waals surface area contributed by atoms with E-state index in [9.17, 15) is 24.9 Å². The quantitative estimate of drug-likeness (QED) is 0.273. The first-order valence-electron chi connectivity index (χ1n) is 15.5. The Bertz CT molecular complexity index is 837. The highest BCUT2D eigenvalue weighted by Crippen LogP contribution is 2.68. The Morgan fingerprint density at radius 3 is 2.21 bits per heavy atom. The van der Waals surface area contributed by atoms with E-state index in [1.165, 1.54) is 6.92 Å². The number of unbranched alkanes of at least 4 members (excludes halogenated alkanes) is 2. The number of aliphatic hydroxyl groups excluding tert-OH is 3. The van der Waals surface area contributed by atoms with Crippen LogP contribution in [0.25, 0.3) is 0 Å². The molecule has 4 fully saturated rings. The molecule has 2 amide bonds. The zero-order valence-corrected chi connectivity index (χ0v) is 24.3. The first-order chi connectivity index (χ1) is 18.0. The summed E-state index contributed by atoms with van der Waals surface area (Å²) in [5.41, 5.74) is 0.138. The fourth-order valence-electron chi connectivity index (χ4n) is 9.78. The highest BCUT2D eigenvalue weighted by Gasteiger charge is 2.65. The van der Waals surface area contributed by atoms with E-state index in [2.05, 4.69) is 31.4 Å². The lowest BCUT2D eigenvalue weighted by Gasteiger charge is -2.63. The minimum atomic E-state index is -0.746. The molecule has 0 bridgehead atoms. The molecule has 0 spiro atoms. The molecule has 0 aromatic heterocycles. The molecule has 218 valence electrons. The minimum absolute atomic E-state index is 0.00306. The second-order valence-corrected chi connectivity index (χ2v) is 13.9. The molecule has 0 saturated heterocycles. The number of hydrogen-bond donors (Lipinski definition) is 5. The van der Waals surface area contributed by atoms with Gasteiger partial charge in [-0.2, -0.15) is 0 Å². The number of hydrogen-bond acceptors (Lipinski definition) is 5. The molecule has 7 nitrogen and oxygen atoms in total. The van der Waals surface area contributed by atoms with Gasteiger partial charge < -0.3 is 26.0 Å². The van der Waals surface area contributed by atoms with E-state index in [1.807, 2.05) is 0 Å². The van der Waals surface area contributed by atoms with Gasteiger partial charge in [0, 0.05) is 26.4 Å². The number of carbonyl (C=O) groups excluding carboxylic acids is 2. The molecule has 0 radical (unpaired) electrons. The number of rotatable bonds is 10. The van der Waals surface area contributed by atoms with Crippen LogP contribution in [0.1, 0.15) is 105 Å². The molecule has 0 aromatic rings. The third-order valence-electron chi connectivity index (χ3n) is 11.9. The summed E-state index contributed by atoms with van der Waals surface area (Å²) >= 11 is 0. The summed E-state index contributed by atoms with van der Waals surface area (Å²) < 4.78 is 0. The monoisotopic (exact) mass is 534 g/mol. The van der Waals surface area contributed by atoms with Crippen molar-refractivity contribution in [2.75, 3.05) is 13.1 Å². The van der Waals surface area contributed by atoms with Crippen LogP contribution >= 0.6 is 0 Å². The maximum atomic E-state index is 12.5. The molecule has 4 saturated carbocycles. The van der Waals surface area contributed by atoms with Gasteiger partial charge >= 0.3 is 0 Å². The van der Waals surface area contributed by atoms with Crippen molar-refractivity contribution in [1.29, 1.82) is 0 Å². The van der Waals surface area contributed by atoms with E-state index >= 15 is 0 Å². The summed E-state index contributed by atoms with van der Waals surface area (Å²) in [5.74, 6) is 2.06. The molecule has 38 heavy (non-hydrogen) atoms. The normalized spacial score (nSPS) is 42.9. The lowest BCUT2D eigenvalue weighted by Crippen LogP contribution is -2.64. The van der Waals surface area contributed by atoms with Crippen molar-refractivity contribution in [3.8, 4) is 0 Å². The largest absolute Gasteiger partial charge is 0.393 e. The van der Waals surface area contributed by atoms with E-state index in [-0.39, 0.29) is 40.6 Å². The summed E-state index contributed by atoms with van der Waals surface area (Å²) in [4.78, 5) is 23.4. The van der Waals surface area contributed by atoms with Crippen molar-refractivity contribution >= 4 is 11.8 Å². The lowest BCUT2D eigenvalue weighted by molar-refractivity contribution is -0.223. The van der Waals surface area contributed by atoms with Gasteiger partial charge in [0.25, 0.3) is 0 Å². The molecule has 0 heterocycles. The maximum Gasteiger partial charge on any atom is 0.220 e. The van der Waals surface area contributed by atoms with E-state index in [1.54, 1.807) is 0 Å². The predicted molar refractivity (Wildman–Crippen MR) is 148 cm³/mol. The lowest BCUT2D eigenvalue weighted by atomic mass is 9.43. The summed E-state index contributed by atoms with van der Waals surface area (Å²) in [6.45, 7) is 9.99. The Balaban J connectivity index is 1.29. The Hall–Kier alpha value is -1.18. The number of fused-ring (bicyclic) bond motifs is 5. The fourth-order valence-corrected chi connectivity index (χ4v) is 9.78. The first kappa shape index (κ1) is 29.8. The predicted octanol–water partition coefficient (Wildman–Crippen LogP) is 3.79. The van der Waals surface area contributed by atoms with Crippen molar-refractivity contribution in [1.82, 2.24) is 10.6 Å². The van der Waals surface area contributed by atoms with Crippen molar-refractivity contribution in [3.63, 3.8) is 0 Å². The van der Waals surface area contributed by atoms with Gasteiger partial charge in [0.05, 0.1) is 18.3 Å². The van der Waals surface area contributed by atoms with Gasteiger partial charge in [-0.05, 0) is 117 Å². The average Bonchev–Trinajstić information content (AvgIpc) is 3.23. The summed E-state index contributed by atoms with van der Waals surface area (Å²) in [6.07, 6.45) is 9.34. The smallest absolute Gasteiger partial charge is 0.220 e. The molecule has 0 unspecified atom stereocenters. The number of aliphatic hydroxyl groups is 3. The van der Waals surface area contributed by atoms with E-state index in [4.69, 9.17) is 0 Å². The van der Waals surface area contributed by atoms with Gasteiger partial charge in [0.1, 0.15) is 0 Å². The Labute approximate surface area is 229 Å². The molecule has 7 heteroatoms. The summed E-state index contributed by atoms with van der Waals surface area (Å²) in [6, 6.07) is 0. The molecule has 5 N–H and O–H groups in total. The van der Waals surface area contributed by atoms with Crippen molar-refractivity contribution in [3.05, 3.63) is 0 Å². The molecule has 4 aliphatic carbocycles. The zero-order chi connectivity index (χ0) is 27.7. The number of nitrogens with one attached hydrogen (secondary N) is 2. The van der Waals surface area contributed by atoms with Gasteiger partial charge in [-0.1, -0.05) is 20.8 Å². The highest BCUT2D eigenvalue weighted by atomic mass is 16.3. The van der Waals surface area contributed by atoms with Crippen LogP contribution in [-0.2, 0) is 9.59 Å². The highest BCUT2D eigenvalue weighted by molar-refractivity contribution is 5.75. The molecule has 4 rings (SSSR count). The fraction of sp³-hybridized carbons (Fsp3) is 0.935. The van der Waals surface area contributed by atoms with Crippen LogP contribution in [0.15, 0.2) is 0 Å². The van der Waals surface area contributed by atoms with Gasteiger partial charge in [-0.3, -0.25) is 9.59 Å². The summed E-state index contributed by atoms with van der Waals surface area (Å²) in [7, 11) is 0. The van der Waals surface area contributed by atoms with Crippen LogP contribution in [0.5, 0.6) is 0 Å². The molecule has 11 atom stereocenters. The van der Waals surface area contributed by atoms with Crippen LogP contribution < -0.4 is 10.6 Å². The molecular formula is C31H54N2O5. The van der Waals surface area contributed by atoms with Crippen LogP contribution in [0.4, 0.5) is 0 Å². The van der Waals surface area contributed by atoms with Gasteiger partial charge in [-0.25, -0.2) is 0 Å². The van der Waals surface area contributed by atoms with Crippen LogP contribution in [0.3, 0.4) is 0 Å². The molecule has 0 aliphatic heterocycles. The van der Waals surface area contributed by atoms with Gasteiger partial charge in [-0.15, -0.1) is 0 Å². The molecule has 0 aromatic carbocycles. The van der Waals surface area contributed by atoms with Crippen LogP contribution in [-0.4, -0.2) is 58.5 Å². The Morgan fingerprint density at radius 2 is 1.50 bits per heavy atom. The zero-order valence-electron chi connectivity index (χ0n) is 24.3. The van der Waals surface area contributed by atoms with Gasteiger partial charge in [0.15, 0.2) is 0 Å². The standard InChI is InChI=1S/C31H54N2O5/c1-19(8-11-26(36)33-17-7-5-6-16-32-20(2)34)22-9-10-23-27-24(13-15-30(22,23)3)31(4)14-12-21(35)18-25(31)28(37)29(27)38/h19,21-25,27-29,35,37-38H,5-18H2,1-4H3,(H,32,34)(H,33,36)/t19-,21-,22-,23+,24+,25+,27+,28-,29+,30-,31-/m1/s1.